The fourth-order valence-electron chi connectivity index (χ4n) is 4.01. The number of carbonyl (C=O) groups excluding carboxylic acids is 3. The molecule has 1 aliphatic rings. The van der Waals surface area contributed by atoms with E-state index >= 15 is 0 Å². The maximum absolute atomic E-state index is 13.1. The molecular formula is C25H30N2O8S. The van der Waals surface area contributed by atoms with Crippen LogP contribution in [0.3, 0.4) is 0 Å². The van der Waals surface area contributed by atoms with E-state index in [-0.39, 0.29) is 34.6 Å². The fraction of sp³-hybridized carbons (Fsp3) is 0.400. The first-order valence-corrected chi connectivity index (χ1v) is 12.9. The van der Waals surface area contributed by atoms with Crippen LogP contribution in [0.1, 0.15) is 52.0 Å². The zero-order valence-corrected chi connectivity index (χ0v) is 21.4. The summed E-state index contributed by atoms with van der Waals surface area (Å²) >= 11 is 0. The molecule has 36 heavy (non-hydrogen) atoms. The fourth-order valence-corrected chi connectivity index (χ4v) is 5.58. The predicted molar refractivity (Wildman–Crippen MR) is 132 cm³/mol. The third-order valence-electron chi connectivity index (χ3n) is 5.89. The molecule has 11 heteroatoms. The van der Waals surface area contributed by atoms with Crippen LogP contribution in [-0.4, -0.2) is 65.0 Å². The van der Waals surface area contributed by atoms with E-state index in [9.17, 15) is 22.8 Å². The van der Waals surface area contributed by atoms with Crippen LogP contribution in [0.2, 0.25) is 0 Å². The van der Waals surface area contributed by atoms with Crippen LogP contribution >= 0.6 is 0 Å². The number of aryl methyl sites for hydroxylation is 1. The summed E-state index contributed by atoms with van der Waals surface area (Å²) in [5, 5.41) is 2.66. The molecule has 0 aliphatic carbocycles. The molecule has 10 nitrogen and oxygen atoms in total. The van der Waals surface area contributed by atoms with Gasteiger partial charge in [0, 0.05) is 25.2 Å². The number of sulfonamides is 1. The molecule has 3 rings (SSSR count). The zero-order valence-electron chi connectivity index (χ0n) is 20.5. The van der Waals surface area contributed by atoms with Crippen molar-refractivity contribution in [3.8, 4) is 5.75 Å². The summed E-state index contributed by atoms with van der Waals surface area (Å²) in [4.78, 5) is 36.8. The number of nitrogens with one attached hydrogen (secondary N) is 1. The number of anilines is 1. The second-order valence-corrected chi connectivity index (χ2v) is 10.2. The van der Waals surface area contributed by atoms with Crippen molar-refractivity contribution >= 4 is 33.6 Å². The molecule has 1 saturated heterocycles. The zero-order chi connectivity index (χ0) is 26.3. The highest BCUT2D eigenvalue weighted by atomic mass is 32.2. The van der Waals surface area contributed by atoms with Crippen molar-refractivity contribution in [3.05, 3.63) is 53.1 Å². The third kappa shape index (κ3) is 6.41. The van der Waals surface area contributed by atoms with Crippen LogP contribution in [0.15, 0.2) is 41.3 Å². The molecule has 0 spiro atoms. The van der Waals surface area contributed by atoms with Gasteiger partial charge < -0.3 is 19.5 Å². The van der Waals surface area contributed by atoms with E-state index in [0.717, 1.165) is 19.3 Å². The molecule has 1 N–H and O–H groups in total. The van der Waals surface area contributed by atoms with Gasteiger partial charge in [0.1, 0.15) is 5.75 Å². The van der Waals surface area contributed by atoms with Gasteiger partial charge in [0.15, 0.2) is 0 Å². The predicted octanol–water partition coefficient (Wildman–Crippen LogP) is 3.01. The Kier molecular flexibility index (Phi) is 9.05. The number of benzene rings is 2. The Balaban J connectivity index is 1.77. The van der Waals surface area contributed by atoms with E-state index in [0.29, 0.717) is 24.4 Å². The molecule has 0 saturated carbocycles. The van der Waals surface area contributed by atoms with E-state index in [1.54, 1.807) is 12.1 Å². The first-order valence-electron chi connectivity index (χ1n) is 11.5. The molecule has 1 heterocycles. The van der Waals surface area contributed by atoms with Crippen LogP contribution in [0.4, 0.5) is 5.69 Å². The minimum absolute atomic E-state index is 0.000412. The van der Waals surface area contributed by atoms with Crippen LogP contribution < -0.4 is 10.1 Å². The number of hydrogen-bond acceptors (Lipinski definition) is 8. The molecule has 2 aromatic rings. The number of esters is 2. The molecule has 1 fully saturated rings. The SMILES string of the molecule is COC(=O)c1cc(NC(=O)CCc2cc(S(=O)(=O)N3CCCCC3)ccc2OC)cc(C(=O)OC)c1. The first-order chi connectivity index (χ1) is 17.2. The molecule has 0 aromatic heterocycles. The molecule has 194 valence electrons. The molecule has 1 amide bonds. The monoisotopic (exact) mass is 518 g/mol. The number of amides is 1. The molecule has 0 atom stereocenters. The average molecular weight is 519 g/mol. The van der Waals surface area contributed by atoms with Crippen molar-refractivity contribution in [2.75, 3.05) is 39.7 Å². The minimum atomic E-state index is -3.64. The first kappa shape index (κ1) is 27.2. The van der Waals surface area contributed by atoms with Crippen LogP contribution in [0.25, 0.3) is 0 Å². The normalized spacial score (nSPS) is 14.1. The van der Waals surface area contributed by atoms with E-state index in [1.807, 2.05) is 0 Å². The smallest absolute Gasteiger partial charge is 0.337 e. The largest absolute Gasteiger partial charge is 0.496 e. The van der Waals surface area contributed by atoms with Crippen molar-refractivity contribution in [1.82, 2.24) is 4.31 Å². The second kappa shape index (κ2) is 12.0. The van der Waals surface area contributed by atoms with Crippen LogP contribution in [0.5, 0.6) is 5.75 Å². The molecule has 0 radical (unpaired) electrons. The Hall–Kier alpha value is -3.44. The maximum atomic E-state index is 13.1. The summed E-state index contributed by atoms with van der Waals surface area (Å²) in [5.41, 5.74) is 0.946. The number of nitrogens with zero attached hydrogens (tertiary/aromatic N) is 1. The summed E-state index contributed by atoms with van der Waals surface area (Å²) in [7, 11) is 0.252. The van der Waals surface area contributed by atoms with Crippen molar-refractivity contribution < 1.29 is 37.0 Å². The van der Waals surface area contributed by atoms with Crippen molar-refractivity contribution in [2.45, 2.75) is 37.0 Å². The van der Waals surface area contributed by atoms with Gasteiger partial charge in [-0.05, 0) is 61.2 Å². The van der Waals surface area contributed by atoms with Crippen molar-refractivity contribution in [1.29, 1.82) is 0 Å². The lowest BCUT2D eigenvalue weighted by Gasteiger charge is -2.26. The van der Waals surface area contributed by atoms with Crippen LogP contribution in [0, 0.1) is 0 Å². The number of hydrogen-bond donors (Lipinski definition) is 1. The third-order valence-corrected chi connectivity index (χ3v) is 7.78. The van der Waals surface area contributed by atoms with E-state index < -0.39 is 27.9 Å². The Morgan fingerprint density at radius 2 is 1.50 bits per heavy atom. The van der Waals surface area contributed by atoms with Gasteiger partial charge in [0.05, 0.1) is 37.4 Å². The van der Waals surface area contributed by atoms with Gasteiger partial charge in [-0.25, -0.2) is 18.0 Å². The van der Waals surface area contributed by atoms with Crippen LogP contribution in [-0.2, 0) is 30.7 Å². The van der Waals surface area contributed by atoms with Gasteiger partial charge in [0.2, 0.25) is 15.9 Å². The summed E-state index contributed by atoms with van der Waals surface area (Å²) < 4.78 is 42.4. The number of rotatable bonds is 9. The molecule has 2 aromatic carbocycles. The Bertz CT molecular complexity index is 1200. The summed E-state index contributed by atoms with van der Waals surface area (Å²) in [6.07, 6.45) is 2.88. The summed E-state index contributed by atoms with van der Waals surface area (Å²) in [6.45, 7) is 0.981. The Labute approximate surface area is 210 Å². The Morgan fingerprint density at radius 3 is 2.06 bits per heavy atom. The topological polar surface area (TPSA) is 128 Å². The lowest BCUT2D eigenvalue weighted by molar-refractivity contribution is -0.116. The Morgan fingerprint density at radius 1 is 0.889 bits per heavy atom. The molecule has 1 aliphatic heterocycles. The number of methoxy groups -OCH3 is 3. The number of carbonyl (C=O) groups is 3. The van der Waals surface area contributed by atoms with Gasteiger partial charge in [-0.15, -0.1) is 0 Å². The number of ether oxygens (including phenoxy) is 3. The minimum Gasteiger partial charge on any atom is -0.496 e. The summed E-state index contributed by atoms with van der Waals surface area (Å²) in [6, 6.07) is 8.74. The molecular weight excluding hydrogens is 488 g/mol. The average Bonchev–Trinajstić information content (AvgIpc) is 2.90. The quantitative estimate of drug-likeness (QED) is 0.502. The van der Waals surface area contributed by atoms with E-state index in [2.05, 4.69) is 5.32 Å². The highest BCUT2D eigenvalue weighted by Crippen LogP contribution is 2.27. The van der Waals surface area contributed by atoms with Gasteiger partial charge in [-0.3, -0.25) is 4.79 Å². The summed E-state index contributed by atoms with van der Waals surface area (Å²) in [5.74, 6) is -1.28. The lowest BCUT2D eigenvalue weighted by Crippen LogP contribution is -2.35. The lowest BCUT2D eigenvalue weighted by atomic mass is 10.1. The van der Waals surface area contributed by atoms with Crippen molar-refractivity contribution in [2.24, 2.45) is 0 Å². The van der Waals surface area contributed by atoms with Gasteiger partial charge >= 0.3 is 11.9 Å². The highest BCUT2D eigenvalue weighted by Gasteiger charge is 2.26. The van der Waals surface area contributed by atoms with Gasteiger partial charge in [0.25, 0.3) is 0 Å². The highest BCUT2D eigenvalue weighted by molar-refractivity contribution is 7.89. The molecule has 0 unspecified atom stereocenters. The standard InChI is InChI=1S/C25H30N2O8S/c1-33-22-9-8-21(36(31,32)27-11-5-4-6-12-27)16-17(22)7-10-23(28)26-20-14-18(24(29)34-2)13-19(15-20)25(30)35-3/h8-9,13-16H,4-7,10-12H2,1-3H3,(H,26,28). The van der Waals surface area contributed by atoms with Gasteiger partial charge in [-0.1, -0.05) is 6.42 Å². The maximum Gasteiger partial charge on any atom is 0.337 e. The number of piperidine rings is 1. The van der Waals surface area contributed by atoms with E-state index in [4.69, 9.17) is 14.2 Å². The van der Waals surface area contributed by atoms with Crippen molar-refractivity contribution in [3.63, 3.8) is 0 Å². The second-order valence-electron chi connectivity index (χ2n) is 8.27. The van der Waals surface area contributed by atoms with E-state index in [1.165, 1.54) is 49.9 Å². The molecule has 0 bridgehead atoms. The van der Waals surface area contributed by atoms with Gasteiger partial charge in [-0.2, -0.15) is 4.31 Å².